The quantitative estimate of drug-likeness (QED) is 0.451. The van der Waals surface area contributed by atoms with E-state index in [1.165, 1.54) is 36.8 Å². The molecule has 0 aliphatic heterocycles. The molecule has 0 aromatic heterocycles. The van der Waals surface area contributed by atoms with Gasteiger partial charge < -0.3 is 0 Å². The van der Waals surface area contributed by atoms with Crippen molar-refractivity contribution in [3.05, 3.63) is 58.7 Å². The lowest BCUT2D eigenvalue weighted by atomic mass is 9.69. The van der Waals surface area contributed by atoms with E-state index in [1.54, 1.807) is 11.1 Å². The zero-order valence-corrected chi connectivity index (χ0v) is 15.5. The third kappa shape index (κ3) is 5.48. The van der Waals surface area contributed by atoms with Gasteiger partial charge in [0.05, 0.1) is 0 Å². The Hall–Kier alpha value is -1.30. The van der Waals surface area contributed by atoms with Gasteiger partial charge in [-0.3, -0.25) is 0 Å². The van der Waals surface area contributed by atoms with Crippen LogP contribution in [0.3, 0.4) is 0 Å². The van der Waals surface area contributed by atoms with Crippen LogP contribution < -0.4 is 0 Å². The van der Waals surface area contributed by atoms with Crippen molar-refractivity contribution in [2.45, 2.75) is 73.6 Å². The molecule has 122 valence electrons. The minimum absolute atomic E-state index is 0.370. The highest BCUT2D eigenvalue weighted by Gasteiger charge is 2.29. The van der Waals surface area contributed by atoms with E-state index >= 15 is 0 Å². The van der Waals surface area contributed by atoms with Crippen molar-refractivity contribution in [3.63, 3.8) is 0 Å². The van der Waals surface area contributed by atoms with Crippen molar-refractivity contribution in [1.29, 1.82) is 0 Å². The van der Waals surface area contributed by atoms with Crippen LogP contribution in [0.15, 0.2) is 58.7 Å². The zero-order valence-electron chi connectivity index (χ0n) is 15.5. The number of hydrogen-bond donors (Lipinski definition) is 0. The lowest BCUT2D eigenvalue weighted by Gasteiger charge is -2.35. The summed E-state index contributed by atoms with van der Waals surface area (Å²) < 4.78 is 0. The Morgan fingerprint density at radius 1 is 1.14 bits per heavy atom. The van der Waals surface area contributed by atoms with Crippen LogP contribution >= 0.6 is 0 Å². The van der Waals surface area contributed by atoms with Crippen molar-refractivity contribution in [2.24, 2.45) is 5.41 Å². The third-order valence-corrected chi connectivity index (χ3v) is 4.93. The predicted octanol–water partition coefficient (Wildman–Crippen LogP) is 7.32. The van der Waals surface area contributed by atoms with E-state index in [0.29, 0.717) is 5.41 Å². The van der Waals surface area contributed by atoms with E-state index in [9.17, 15) is 0 Å². The maximum Gasteiger partial charge on any atom is -0.00783 e. The minimum atomic E-state index is 0.370. The maximum atomic E-state index is 2.42. The first kappa shape index (κ1) is 18.7. The molecule has 0 heteroatoms. The Labute approximate surface area is 138 Å². The molecule has 0 heterocycles. The van der Waals surface area contributed by atoms with Gasteiger partial charge in [-0.2, -0.15) is 0 Å². The summed E-state index contributed by atoms with van der Waals surface area (Å²) in [7, 11) is 0. The molecule has 0 saturated heterocycles. The van der Waals surface area contributed by atoms with Crippen LogP contribution in [0.25, 0.3) is 0 Å². The molecule has 1 aliphatic rings. The van der Waals surface area contributed by atoms with Gasteiger partial charge in [-0.1, -0.05) is 73.9 Å². The second-order valence-corrected chi connectivity index (χ2v) is 6.92. The molecule has 0 aromatic rings. The summed E-state index contributed by atoms with van der Waals surface area (Å²) in [5, 5.41) is 0. The van der Waals surface area contributed by atoms with E-state index < -0.39 is 0 Å². The highest BCUT2D eigenvalue weighted by Crippen LogP contribution is 2.43. The van der Waals surface area contributed by atoms with Crippen LogP contribution in [0, 0.1) is 5.41 Å². The molecule has 0 radical (unpaired) electrons. The fourth-order valence-electron chi connectivity index (χ4n) is 3.25. The van der Waals surface area contributed by atoms with Gasteiger partial charge >= 0.3 is 0 Å². The van der Waals surface area contributed by atoms with Gasteiger partial charge in [0.15, 0.2) is 0 Å². The molecule has 0 amide bonds. The number of allylic oxidation sites excluding steroid dienone is 10. The Morgan fingerprint density at radius 3 is 2.50 bits per heavy atom. The fraction of sp³-hybridized carbons (Fsp3) is 0.545. The monoisotopic (exact) mass is 298 g/mol. The highest BCUT2D eigenvalue weighted by molar-refractivity contribution is 5.37. The first-order chi connectivity index (χ1) is 10.4. The molecular formula is C22H34. The van der Waals surface area contributed by atoms with Gasteiger partial charge in [0.25, 0.3) is 0 Å². The molecule has 0 saturated carbocycles. The molecule has 1 atom stereocenters. The van der Waals surface area contributed by atoms with Crippen LogP contribution in [0.4, 0.5) is 0 Å². The van der Waals surface area contributed by atoms with Crippen LogP contribution in [-0.4, -0.2) is 0 Å². The molecule has 0 fully saturated rings. The fourth-order valence-corrected chi connectivity index (χ4v) is 3.25. The standard InChI is InChI=1S/C22H34/c1-7-11-18(3)12-9-13-19(4)15-16-21-20(5)14-10-17-22(21,6)8-2/h9,11-13,15-16H,7-8,10,14,17H2,1-6H3/b12-9+,16-15+,18-11+,19-13+. The van der Waals surface area contributed by atoms with Gasteiger partial charge in [-0.05, 0) is 63.9 Å². The van der Waals surface area contributed by atoms with Crippen LogP contribution in [0.5, 0.6) is 0 Å². The van der Waals surface area contributed by atoms with Crippen molar-refractivity contribution in [2.75, 3.05) is 0 Å². The summed E-state index contributed by atoms with van der Waals surface area (Å²) in [5.41, 5.74) is 6.16. The van der Waals surface area contributed by atoms with E-state index in [-0.39, 0.29) is 0 Å². The van der Waals surface area contributed by atoms with Gasteiger partial charge in [0, 0.05) is 0 Å². The SMILES string of the molecule is CC/C=C(C)/C=C/C=C(C)/C=C/C1=C(C)CCCC1(C)CC. The largest absolute Gasteiger partial charge is 0.0819 e. The molecule has 1 unspecified atom stereocenters. The lowest BCUT2D eigenvalue weighted by molar-refractivity contribution is 0.327. The van der Waals surface area contributed by atoms with E-state index in [0.717, 1.165) is 6.42 Å². The van der Waals surface area contributed by atoms with Gasteiger partial charge in [0.2, 0.25) is 0 Å². The minimum Gasteiger partial charge on any atom is -0.0819 e. The molecule has 0 N–H and O–H groups in total. The summed E-state index contributed by atoms with van der Waals surface area (Å²) in [4.78, 5) is 0. The lowest BCUT2D eigenvalue weighted by Crippen LogP contribution is -2.22. The average Bonchev–Trinajstić information content (AvgIpc) is 2.47. The van der Waals surface area contributed by atoms with Crippen LogP contribution in [-0.2, 0) is 0 Å². The second kappa shape index (κ2) is 8.98. The Balaban J connectivity index is 2.84. The molecule has 0 aromatic carbocycles. The molecule has 22 heavy (non-hydrogen) atoms. The van der Waals surface area contributed by atoms with E-state index in [2.05, 4.69) is 78.0 Å². The first-order valence-corrected chi connectivity index (χ1v) is 8.83. The Kier molecular flexibility index (Phi) is 7.65. The first-order valence-electron chi connectivity index (χ1n) is 8.83. The highest BCUT2D eigenvalue weighted by atomic mass is 14.3. The predicted molar refractivity (Wildman–Crippen MR) is 101 cm³/mol. The smallest absolute Gasteiger partial charge is 0.00783 e. The maximum absolute atomic E-state index is 2.42. The number of hydrogen-bond acceptors (Lipinski definition) is 0. The summed E-state index contributed by atoms with van der Waals surface area (Å²) in [6.07, 6.45) is 19.7. The van der Waals surface area contributed by atoms with Gasteiger partial charge in [0.1, 0.15) is 0 Å². The van der Waals surface area contributed by atoms with Crippen molar-refractivity contribution < 1.29 is 0 Å². The Morgan fingerprint density at radius 2 is 1.86 bits per heavy atom. The molecule has 0 bridgehead atoms. The topological polar surface area (TPSA) is 0 Å². The van der Waals surface area contributed by atoms with Crippen molar-refractivity contribution >= 4 is 0 Å². The van der Waals surface area contributed by atoms with E-state index in [1.807, 2.05) is 0 Å². The summed E-state index contributed by atoms with van der Waals surface area (Å²) in [5.74, 6) is 0. The van der Waals surface area contributed by atoms with Gasteiger partial charge in [-0.15, -0.1) is 0 Å². The second-order valence-electron chi connectivity index (χ2n) is 6.92. The third-order valence-electron chi connectivity index (χ3n) is 4.93. The van der Waals surface area contributed by atoms with Crippen molar-refractivity contribution in [1.82, 2.24) is 0 Å². The molecule has 1 rings (SSSR count). The van der Waals surface area contributed by atoms with Crippen LogP contribution in [0.2, 0.25) is 0 Å². The van der Waals surface area contributed by atoms with Gasteiger partial charge in [-0.25, -0.2) is 0 Å². The molecule has 0 spiro atoms. The average molecular weight is 299 g/mol. The molecule has 0 nitrogen and oxygen atoms in total. The summed E-state index contributed by atoms with van der Waals surface area (Å²) >= 11 is 0. The molecule has 1 aliphatic carbocycles. The number of rotatable bonds is 6. The summed E-state index contributed by atoms with van der Waals surface area (Å²) in [6, 6.07) is 0. The summed E-state index contributed by atoms with van der Waals surface area (Å²) in [6.45, 7) is 13.6. The van der Waals surface area contributed by atoms with Crippen LogP contribution in [0.1, 0.15) is 73.6 Å². The Bertz CT molecular complexity index is 508. The molecular weight excluding hydrogens is 264 g/mol. The zero-order chi connectivity index (χ0) is 16.6. The van der Waals surface area contributed by atoms with E-state index in [4.69, 9.17) is 0 Å². The normalized spacial score (nSPS) is 24.8. The van der Waals surface area contributed by atoms with Crippen molar-refractivity contribution in [3.8, 4) is 0 Å².